The first kappa shape index (κ1) is 19.2. The predicted octanol–water partition coefficient (Wildman–Crippen LogP) is 5.18. The van der Waals surface area contributed by atoms with E-state index >= 15 is 0 Å². The minimum Gasteiger partial charge on any atom is -0.336 e. The molecule has 2 fully saturated rings. The summed E-state index contributed by atoms with van der Waals surface area (Å²) < 4.78 is 18.7. The third-order valence-electron chi connectivity index (χ3n) is 6.44. The molecule has 5 nitrogen and oxygen atoms in total. The molecule has 1 amide bonds. The van der Waals surface area contributed by atoms with Gasteiger partial charge in [0.25, 0.3) is 11.6 Å². The SMILES string of the molecule is Cc1noc2nc(C3CC3)cc(C(=O)N(CCc3ccc(F)cc3)C3CCCC3)c12. The second-order valence-electron chi connectivity index (χ2n) is 8.63. The number of carbonyl (C=O) groups is 1. The number of carbonyl (C=O) groups excluding carboxylic acids is 1. The van der Waals surface area contributed by atoms with Crippen LogP contribution in [0.5, 0.6) is 0 Å². The summed E-state index contributed by atoms with van der Waals surface area (Å²) in [5, 5.41) is 4.81. The molecular formula is C24H26FN3O2. The molecule has 0 N–H and O–H groups in total. The van der Waals surface area contributed by atoms with Gasteiger partial charge in [0.1, 0.15) is 5.82 Å². The van der Waals surface area contributed by atoms with Gasteiger partial charge in [-0.1, -0.05) is 30.1 Å². The zero-order valence-corrected chi connectivity index (χ0v) is 17.2. The zero-order valence-electron chi connectivity index (χ0n) is 17.2. The summed E-state index contributed by atoms with van der Waals surface area (Å²) in [7, 11) is 0. The Bertz CT molecular complexity index is 1070. The van der Waals surface area contributed by atoms with E-state index in [9.17, 15) is 9.18 Å². The minimum atomic E-state index is -0.239. The maximum atomic E-state index is 13.8. The number of hydrogen-bond acceptors (Lipinski definition) is 4. The van der Waals surface area contributed by atoms with Crippen LogP contribution in [0.25, 0.3) is 11.1 Å². The Morgan fingerprint density at radius 3 is 2.60 bits per heavy atom. The minimum absolute atomic E-state index is 0.0320. The van der Waals surface area contributed by atoms with Gasteiger partial charge in [-0.3, -0.25) is 4.79 Å². The van der Waals surface area contributed by atoms with Crippen molar-refractivity contribution in [3.8, 4) is 0 Å². The number of halogens is 1. The molecule has 1 aromatic carbocycles. The summed E-state index contributed by atoms with van der Waals surface area (Å²) in [6.45, 7) is 2.47. The average molecular weight is 407 g/mol. The molecule has 5 rings (SSSR count). The smallest absolute Gasteiger partial charge is 0.259 e. The van der Waals surface area contributed by atoms with Crippen molar-refractivity contribution in [2.45, 2.75) is 63.8 Å². The maximum Gasteiger partial charge on any atom is 0.259 e. The van der Waals surface area contributed by atoms with Crippen LogP contribution in [0.2, 0.25) is 0 Å². The number of aromatic nitrogens is 2. The molecule has 2 aromatic heterocycles. The molecule has 30 heavy (non-hydrogen) atoms. The Balaban J connectivity index is 1.48. The quantitative estimate of drug-likeness (QED) is 0.565. The van der Waals surface area contributed by atoms with Crippen LogP contribution >= 0.6 is 0 Å². The van der Waals surface area contributed by atoms with Crippen molar-refractivity contribution in [2.24, 2.45) is 0 Å². The Labute approximate surface area is 175 Å². The van der Waals surface area contributed by atoms with Gasteiger partial charge in [0.15, 0.2) is 0 Å². The first-order valence-electron chi connectivity index (χ1n) is 10.9. The number of rotatable bonds is 6. The van der Waals surface area contributed by atoms with Gasteiger partial charge in [0, 0.05) is 24.2 Å². The highest BCUT2D eigenvalue weighted by atomic mass is 19.1. The van der Waals surface area contributed by atoms with Crippen molar-refractivity contribution in [2.75, 3.05) is 6.54 Å². The molecule has 3 aromatic rings. The summed E-state index contributed by atoms with van der Waals surface area (Å²) in [5.74, 6) is 0.215. The van der Waals surface area contributed by atoms with Crippen LogP contribution in [0.15, 0.2) is 34.9 Å². The normalized spacial score (nSPS) is 17.0. The van der Waals surface area contributed by atoms with Crippen LogP contribution < -0.4 is 0 Å². The molecule has 6 heteroatoms. The summed E-state index contributed by atoms with van der Waals surface area (Å²) in [6.07, 6.45) is 7.27. The van der Waals surface area contributed by atoms with Crippen LogP contribution in [-0.4, -0.2) is 33.5 Å². The second-order valence-corrected chi connectivity index (χ2v) is 8.63. The van der Waals surface area contributed by atoms with Gasteiger partial charge in [0.05, 0.1) is 16.6 Å². The van der Waals surface area contributed by atoms with Crippen molar-refractivity contribution in [1.82, 2.24) is 15.0 Å². The van der Waals surface area contributed by atoms with Gasteiger partial charge in [0.2, 0.25) is 0 Å². The third-order valence-corrected chi connectivity index (χ3v) is 6.44. The van der Waals surface area contributed by atoms with E-state index in [1.807, 2.05) is 17.9 Å². The molecule has 2 saturated carbocycles. The van der Waals surface area contributed by atoms with Crippen molar-refractivity contribution in [1.29, 1.82) is 0 Å². The molecule has 0 atom stereocenters. The number of hydrogen-bond donors (Lipinski definition) is 0. The Hall–Kier alpha value is -2.76. The molecule has 2 aliphatic carbocycles. The molecule has 0 saturated heterocycles. The monoisotopic (exact) mass is 407 g/mol. The summed E-state index contributed by atoms with van der Waals surface area (Å²) in [4.78, 5) is 20.5. The van der Waals surface area contributed by atoms with Crippen LogP contribution in [-0.2, 0) is 6.42 Å². The highest BCUT2D eigenvalue weighted by molar-refractivity contribution is 6.06. The summed E-state index contributed by atoms with van der Waals surface area (Å²) in [5.41, 5.74) is 3.80. The van der Waals surface area contributed by atoms with E-state index in [4.69, 9.17) is 4.52 Å². The Morgan fingerprint density at radius 2 is 1.90 bits per heavy atom. The van der Waals surface area contributed by atoms with Crippen LogP contribution in [0.4, 0.5) is 4.39 Å². The number of amides is 1. The van der Waals surface area contributed by atoms with Gasteiger partial charge in [-0.05, 0) is 62.8 Å². The Morgan fingerprint density at radius 1 is 1.17 bits per heavy atom. The fourth-order valence-corrected chi connectivity index (χ4v) is 4.59. The standard InChI is InChI=1S/C24H26FN3O2/c1-15-22-20(14-21(17-8-9-17)26-23(22)30-27-15)24(29)28(19-4-2-3-5-19)13-12-16-6-10-18(25)11-7-16/h6-7,10-11,14,17,19H,2-5,8-9,12-13H2,1H3. The molecule has 156 valence electrons. The average Bonchev–Trinajstić information content (AvgIpc) is 3.34. The molecule has 0 radical (unpaired) electrons. The fraction of sp³-hybridized carbons (Fsp3) is 0.458. The summed E-state index contributed by atoms with van der Waals surface area (Å²) >= 11 is 0. The van der Waals surface area contributed by atoms with Crippen molar-refractivity contribution in [3.63, 3.8) is 0 Å². The van der Waals surface area contributed by atoms with E-state index in [0.29, 0.717) is 35.9 Å². The number of nitrogens with zero attached hydrogens (tertiary/aromatic N) is 3. The van der Waals surface area contributed by atoms with Crippen LogP contribution in [0.1, 0.15) is 71.8 Å². The predicted molar refractivity (Wildman–Crippen MR) is 112 cm³/mol. The topological polar surface area (TPSA) is 59.2 Å². The third kappa shape index (κ3) is 3.71. The van der Waals surface area contributed by atoms with Gasteiger partial charge >= 0.3 is 0 Å². The fourth-order valence-electron chi connectivity index (χ4n) is 4.59. The van der Waals surface area contributed by atoms with E-state index in [-0.39, 0.29) is 17.8 Å². The first-order valence-corrected chi connectivity index (χ1v) is 10.9. The van der Waals surface area contributed by atoms with E-state index in [2.05, 4.69) is 10.1 Å². The molecular weight excluding hydrogens is 381 g/mol. The maximum absolute atomic E-state index is 13.8. The van der Waals surface area contributed by atoms with Crippen molar-refractivity contribution >= 4 is 17.0 Å². The molecule has 0 unspecified atom stereocenters. The summed E-state index contributed by atoms with van der Waals surface area (Å²) in [6, 6.07) is 8.76. The van der Waals surface area contributed by atoms with Gasteiger partial charge in [-0.2, -0.15) is 0 Å². The number of aryl methyl sites for hydroxylation is 1. The first-order chi connectivity index (χ1) is 14.6. The van der Waals surface area contributed by atoms with Crippen molar-refractivity contribution < 1.29 is 13.7 Å². The number of fused-ring (bicyclic) bond motifs is 1. The lowest BCUT2D eigenvalue weighted by atomic mass is 10.0. The molecule has 2 heterocycles. The molecule has 0 spiro atoms. The second kappa shape index (κ2) is 7.82. The number of pyridine rings is 1. The van der Waals surface area contributed by atoms with Gasteiger partial charge < -0.3 is 9.42 Å². The van der Waals surface area contributed by atoms with Crippen LogP contribution in [0, 0.1) is 12.7 Å². The molecule has 0 aliphatic heterocycles. The lowest BCUT2D eigenvalue weighted by molar-refractivity contribution is 0.0685. The molecule has 0 bridgehead atoms. The lowest BCUT2D eigenvalue weighted by Crippen LogP contribution is -2.40. The number of benzene rings is 1. The van der Waals surface area contributed by atoms with Crippen molar-refractivity contribution in [3.05, 3.63) is 58.7 Å². The van der Waals surface area contributed by atoms with E-state index in [0.717, 1.165) is 55.2 Å². The zero-order chi connectivity index (χ0) is 20.7. The largest absolute Gasteiger partial charge is 0.336 e. The highest BCUT2D eigenvalue weighted by Crippen LogP contribution is 2.41. The van der Waals surface area contributed by atoms with E-state index in [1.165, 1.54) is 12.1 Å². The lowest BCUT2D eigenvalue weighted by Gasteiger charge is -2.29. The van der Waals surface area contributed by atoms with E-state index < -0.39 is 0 Å². The highest BCUT2D eigenvalue weighted by Gasteiger charge is 2.32. The van der Waals surface area contributed by atoms with Gasteiger partial charge in [-0.25, -0.2) is 9.37 Å². The van der Waals surface area contributed by atoms with E-state index in [1.54, 1.807) is 12.1 Å². The molecule has 2 aliphatic rings. The van der Waals surface area contributed by atoms with Crippen LogP contribution in [0.3, 0.4) is 0 Å². The Kier molecular flexibility index (Phi) is 5.01. The van der Waals surface area contributed by atoms with Gasteiger partial charge in [-0.15, -0.1) is 0 Å².